The number of rotatable bonds is 7. The number of halogens is 1. The molecule has 0 unspecified atom stereocenters. The summed E-state index contributed by atoms with van der Waals surface area (Å²) in [4.78, 5) is 24.9. The van der Waals surface area contributed by atoms with Crippen LogP contribution in [-0.4, -0.2) is 45.9 Å². The van der Waals surface area contributed by atoms with Gasteiger partial charge in [0.2, 0.25) is 10.0 Å². The van der Waals surface area contributed by atoms with Crippen LogP contribution in [0.3, 0.4) is 0 Å². The Hall–Kier alpha value is -5.08. The van der Waals surface area contributed by atoms with Crippen LogP contribution in [0.4, 0.5) is 15.9 Å². The predicted octanol–water partition coefficient (Wildman–Crippen LogP) is 4.43. The largest absolute Gasteiger partial charge is 0.476 e. The summed E-state index contributed by atoms with van der Waals surface area (Å²) in [5.41, 5.74) is 5.42. The number of aromatic carboxylic acids is 1. The SMILES string of the molecule is CC(C)(C)NS(=O)(=O)c1ccccc1-c1ccc(NC(=O)c2cc(C(=O)O)nn2-c2ccc3onc(N)c3c2)c(F)c1. The fourth-order valence-electron chi connectivity index (χ4n) is 4.29. The number of amides is 1. The van der Waals surface area contributed by atoms with Gasteiger partial charge in [-0.15, -0.1) is 0 Å². The Bertz CT molecular complexity index is 1980. The van der Waals surface area contributed by atoms with Gasteiger partial charge in [0, 0.05) is 17.2 Å². The maximum Gasteiger partial charge on any atom is 0.356 e. The molecule has 12 nitrogen and oxygen atoms in total. The van der Waals surface area contributed by atoms with Crippen molar-refractivity contribution in [2.45, 2.75) is 31.2 Å². The molecular weight excluding hydrogens is 567 g/mol. The normalized spacial score (nSPS) is 12.0. The molecule has 216 valence electrons. The van der Waals surface area contributed by atoms with Gasteiger partial charge in [-0.05, 0) is 62.7 Å². The van der Waals surface area contributed by atoms with Gasteiger partial charge in [0.15, 0.2) is 17.1 Å². The van der Waals surface area contributed by atoms with Gasteiger partial charge in [0.05, 0.1) is 21.7 Å². The van der Waals surface area contributed by atoms with Crippen molar-refractivity contribution < 1.29 is 32.0 Å². The van der Waals surface area contributed by atoms with E-state index in [1.165, 1.54) is 36.4 Å². The number of hydrogen-bond donors (Lipinski definition) is 4. The van der Waals surface area contributed by atoms with E-state index in [4.69, 9.17) is 10.3 Å². The summed E-state index contributed by atoms with van der Waals surface area (Å²) in [5, 5.41) is 20.0. The fraction of sp³-hybridized carbons (Fsp3) is 0.143. The van der Waals surface area contributed by atoms with Gasteiger partial charge in [0.1, 0.15) is 11.5 Å². The molecule has 5 rings (SSSR count). The van der Waals surface area contributed by atoms with Crippen molar-refractivity contribution in [1.82, 2.24) is 19.7 Å². The van der Waals surface area contributed by atoms with Crippen molar-refractivity contribution in [3.8, 4) is 16.8 Å². The number of nitrogen functional groups attached to an aromatic ring is 1. The van der Waals surface area contributed by atoms with Crippen LogP contribution in [0.1, 0.15) is 41.7 Å². The number of aromatic nitrogens is 3. The molecule has 2 heterocycles. The standard InChI is InChI=1S/C28H25FN6O6S/c1-28(2,3)34-42(39,40)24-7-5-4-6-17(24)15-8-10-20(19(29)12-15)31-26(36)22-14-21(27(37)38)32-35(22)16-9-11-23-18(13-16)25(30)33-41-23/h4-14,34H,1-3H3,(H2,30,33)(H,31,36)(H,37,38). The summed E-state index contributed by atoms with van der Waals surface area (Å²) in [6.45, 7) is 5.12. The molecule has 0 fully saturated rings. The highest BCUT2D eigenvalue weighted by molar-refractivity contribution is 7.89. The van der Waals surface area contributed by atoms with Crippen LogP contribution in [0, 0.1) is 5.82 Å². The Balaban J connectivity index is 1.48. The second-order valence-electron chi connectivity index (χ2n) is 10.4. The third-order valence-electron chi connectivity index (χ3n) is 6.03. The zero-order valence-corrected chi connectivity index (χ0v) is 23.4. The van der Waals surface area contributed by atoms with Gasteiger partial charge in [-0.25, -0.2) is 27.0 Å². The lowest BCUT2D eigenvalue weighted by molar-refractivity contribution is 0.0689. The second-order valence-corrected chi connectivity index (χ2v) is 12.0. The maximum absolute atomic E-state index is 15.3. The van der Waals surface area contributed by atoms with Crippen LogP contribution in [0.2, 0.25) is 0 Å². The highest BCUT2D eigenvalue weighted by atomic mass is 32.2. The van der Waals surface area contributed by atoms with E-state index < -0.39 is 38.9 Å². The summed E-state index contributed by atoms with van der Waals surface area (Å²) < 4.78 is 50.2. The van der Waals surface area contributed by atoms with Crippen LogP contribution in [0.15, 0.2) is 76.1 Å². The van der Waals surface area contributed by atoms with E-state index in [-0.39, 0.29) is 38.9 Å². The van der Waals surface area contributed by atoms with Crippen molar-refractivity contribution in [2.24, 2.45) is 0 Å². The van der Waals surface area contributed by atoms with Gasteiger partial charge in [-0.3, -0.25) is 4.79 Å². The van der Waals surface area contributed by atoms with E-state index in [0.717, 1.165) is 16.8 Å². The molecule has 5 N–H and O–H groups in total. The summed E-state index contributed by atoms with van der Waals surface area (Å²) in [5.74, 6) is -2.98. The van der Waals surface area contributed by atoms with Crippen LogP contribution in [0.25, 0.3) is 27.8 Å². The number of nitrogens with one attached hydrogen (secondary N) is 2. The number of anilines is 2. The fourth-order valence-corrected chi connectivity index (χ4v) is 5.94. The van der Waals surface area contributed by atoms with E-state index in [2.05, 4.69) is 20.3 Å². The van der Waals surface area contributed by atoms with Crippen molar-refractivity contribution >= 4 is 44.4 Å². The number of hydrogen-bond acceptors (Lipinski definition) is 8. The van der Waals surface area contributed by atoms with Crippen molar-refractivity contribution in [2.75, 3.05) is 11.1 Å². The summed E-state index contributed by atoms with van der Waals surface area (Å²) in [6, 6.07) is 15.6. The van der Waals surface area contributed by atoms with Gasteiger partial charge in [-0.2, -0.15) is 5.10 Å². The first-order valence-corrected chi connectivity index (χ1v) is 13.9. The number of fused-ring (bicyclic) bond motifs is 1. The maximum atomic E-state index is 15.3. The molecule has 1 amide bonds. The van der Waals surface area contributed by atoms with Gasteiger partial charge in [0.25, 0.3) is 5.91 Å². The molecule has 42 heavy (non-hydrogen) atoms. The Labute approximate surface area is 239 Å². The minimum Gasteiger partial charge on any atom is -0.476 e. The Morgan fingerprint density at radius 2 is 1.79 bits per heavy atom. The van der Waals surface area contributed by atoms with E-state index >= 15 is 4.39 Å². The molecule has 0 bridgehead atoms. The highest BCUT2D eigenvalue weighted by Gasteiger charge is 2.26. The topological polar surface area (TPSA) is 182 Å². The van der Waals surface area contributed by atoms with Crippen molar-refractivity contribution in [1.29, 1.82) is 0 Å². The molecule has 0 spiro atoms. The zero-order valence-electron chi connectivity index (χ0n) is 22.5. The Kier molecular flexibility index (Phi) is 7.04. The third-order valence-corrected chi connectivity index (χ3v) is 7.85. The van der Waals surface area contributed by atoms with Gasteiger partial charge >= 0.3 is 5.97 Å². The Morgan fingerprint density at radius 3 is 2.48 bits per heavy atom. The summed E-state index contributed by atoms with van der Waals surface area (Å²) in [6.07, 6.45) is 0. The van der Waals surface area contributed by atoms with Crippen LogP contribution < -0.4 is 15.8 Å². The number of carbonyl (C=O) groups is 2. The lowest BCUT2D eigenvalue weighted by Crippen LogP contribution is -2.40. The number of carbonyl (C=O) groups excluding carboxylic acids is 1. The highest BCUT2D eigenvalue weighted by Crippen LogP contribution is 2.31. The number of nitrogens with zero attached hydrogens (tertiary/aromatic N) is 3. The molecule has 0 atom stereocenters. The molecule has 0 aliphatic rings. The predicted molar refractivity (Wildman–Crippen MR) is 152 cm³/mol. The summed E-state index contributed by atoms with van der Waals surface area (Å²) >= 11 is 0. The van der Waals surface area contributed by atoms with Crippen molar-refractivity contribution in [3.05, 3.63) is 83.9 Å². The molecule has 2 aromatic heterocycles. The van der Waals surface area contributed by atoms with Crippen LogP contribution >= 0.6 is 0 Å². The second kappa shape index (κ2) is 10.4. The van der Waals surface area contributed by atoms with Crippen LogP contribution in [0.5, 0.6) is 0 Å². The molecule has 5 aromatic rings. The number of carboxylic acids is 1. The number of carboxylic acid groups (broad SMARTS) is 1. The lowest BCUT2D eigenvalue weighted by atomic mass is 10.0. The quantitative estimate of drug-likeness (QED) is 0.212. The molecule has 14 heteroatoms. The molecule has 0 aliphatic heterocycles. The Morgan fingerprint density at radius 1 is 1.05 bits per heavy atom. The van der Waals surface area contributed by atoms with E-state index in [1.807, 2.05) is 0 Å². The number of nitrogens with two attached hydrogens (primary N) is 1. The summed E-state index contributed by atoms with van der Waals surface area (Å²) in [7, 11) is -3.94. The molecule has 3 aromatic carbocycles. The van der Waals surface area contributed by atoms with E-state index in [9.17, 15) is 23.1 Å². The third kappa shape index (κ3) is 5.57. The number of benzene rings is 3. The first-order valence-electron chi connectivity index (χ1n) is 12.5. The van der Waals surface area contributed by atoms with Gasteiger partial charge < -0.3 is 20.7 Å². The lowest BCUT2D eigenvalue weighted by Gasteiger charge is -2.21. The number of sulfonamides is 1. The van der Waals surface area contributed by atoms with Crippen LogP contribution in [-0.2, 0) is 10.0 Å². The first kappa shape index (κ1) is 28.4. The molecular formula is C28H25FN6O6S. The van der Waals surface area contributed by atoms with Crippen molar-refractivity contribution in [3.63, 3.8) is 0 Å². The minimum absolute atomic E-state index is 0.0355. The zero-order chi connectivity index (χ0) is 30.4. The minimum atomic E-state index is -3.94. The average Bonchev–Trinajstić information content (AvgIpc) is 3.53. The molecule has 0 saturated heterocycles. The average molecular weight is 593 g/mol. The first-order chi connectivity index (χ1) is 19.7. The van der Waals surface area contributed by atoms with E-state index in [1.54, 1.807) is 39.0 Å². The smallest absolute Gasteiger partial charge is 0.356 e. The molecule has 0 radical (unpaired) electrons. The molecule has 0 saturated carbocycles. The van der Waals surface area contributed by atoms with Gasteiger partial charge in [-0.1, -0.05) is 29.4 Å². The van der Waals surface area contributed by atoms with E-state index in [0.29, 0.717) is 11.0 Å². The molecule has 0 aliphatic carbocycles. The monoisotopic (exact) mass is 592 g/mol.